The van der Waals surface area contributed by atoms with E-state index in [9.17, 15) is 0 Å². The van der Waals surface area contributed by atoms with E-state index in [0.29, 0.717) is 17.6 Å². The van der Waals surface area contributed by atoms with Gasteiger partial charge in [0.25, 0.3) is 0 Å². The fourth-order valence-electron chi connectivity index (χ4n) is 8.03. The van der Waals surface area contributed by atoms with Gasteiger partial charge < -0.3 is 4.90 Å². The van der Waals surface area contributed by atoms with Crippen LogP contribution in [0.2, 0.25) is 0 Å². The topological polar surface area (TPSA) is 57.5 Å². The second kappa shape index (κ2) is 10.8. The average Bonchev–Trinajstić information content (AvgIpc) is 3.75. The molecule has 238 valence electrons. The molecule has 0 fully saturated rings. The zero-order valence-electron chi connectivity index (χ0n) is 27.7. The van der Waals surface area contributed by atoms with E-state index in [2.05, 4.69) is 156 Å². The van der Waals surface area contributed by atoms with Crippen LogP contribution in [0, 0.1) is 5.92 Å². The minimum atomic E-state index is -0.143. The van der Waals surface area contributed by atoms with Gasteiger partial charge in [0.05, 0.1) is 34.4 Å². The first-order valence-electron chi connectivity index (χ1n) is 17.0. The monoisotopic (exact) mass is 644 g/mol. The molecule has 1 unspecified atom stereocenters. The first kappa shape index (κ1) is 28.6. The molecule has 0 bridgehead atoms. The van der Waals surface area contributed by atoms with Gasteiger partial charge in [0.2, 0.25) is 5.95 Å². The van der Waals surface area contributed by atoms with Gasteiger partial charge in [-0.25, -0.2) is 4.98 Å². The quantitative estimate of drug-likeness (QED) is 0.191. The van der Waals surface area contributed by atoms with Crippen molar-refractivity contribution in [3.05, 3.63) is 169 Å². The molecule has 6 aromatic rings. The molecule has 1 atom stereocenters. The number of aromatic nitrogens is 3. The molecule has 0 saturated heterocycles. The third-order valence-electron chi connectivity index (χ3n) is 10.4. The summed E-state index contributed by atoms with van der Waals surface area (Å²) in [7, 11) is 0. The van der Waals surface area contributed by atoms with Crippen molar-refractivity contribution >= 4 is 34.4 Å². The van der Waals surface area contributed by atoms with Crippen molar-refractivity contribution in [3.8, 4) is 33.9 Å². The predicted octanol–water partition coefficient (Wildman–Crippen LogP) is 10.5. The fraction of sp³-hybridized carbons (Fsp3) is 0.0909. The third-order valence-corrected chi connectivity index (χ3v) is 10.4. The van der Waals surface area contributed by atoms with Gasteiger partial charge in [-0.05, 0) is 58.7 Å². The Morgan fingerprint density at radius 2 is 1.20 bits per heavy atom. The molecule has 3 heterocycles. The summed E-state index contributed by atoms with van der Waals surface area (Å²) in [6.07, 6.45) is 10.5. The lowest BCUT2D eigenvalue weighted by Crippen LogP contribution is -2.32. The molecule has 2 aliphatic heterocycles. The first-order valence-corrected chi connectivity index (χ1v) is 17.0. The SMILES string of the molecule is CC1(C)c2ccccc2-c2c(-c3nc(-c4ccccc4)nc(N4c5ccccc5N(C5=CC=CC6=NC=CC56)c5ccccc54)n3)cccc21. The molecule has 50 heavy (non-hydrogen) atoms. The second-order valence-corrected chi connectivity index (χ2v) is 13.5. The number of hydrogen-bond donors (Lipinski definition) is 0. The Hall–Kier alpha value is -6.40. The number of nitrogens with zero attached hydrogens (tertiary/aromatic N) is 6. The maximum atomic E-state index is 5.37. The maximum Gasteiger partial charge on any atom is 0.238 e. The Balaban J connectivity index is 1.21. The summed E-state index contributed by atoms with van der Waals surface area (Å²) in [4.78, 5) is 25.0. The molecular formula is C44H32N6. The zero-order chi connectivity index (χ0) is 33.4. The minimum Gasteiger partial charge on any atom is -0.309 e. The summed E-state index contributed by atoms with van der Waals surface area (Å²) in [5.74, 6) is 1.92. The van der Waals surface area contributed by atoms with Gasteiger partial charge >= 0.3 is 0 Å². The lowest BCUT2D eigenvalue weighted by molar-refractivity contribution is 0.660. The Morgan fingerprint density at radius 3 is 1.96 bits per heavy atom. The number of para-hydroxylation sites is 4. The minimum absolute atomic E-state index is 0.0772. The molecule has 4 aliphatic rings. The standard InChI is InChI=1S/C44H32N6/c1-44(2)32-18-7-6-16-29(32)40-31(17-12-19-33(40)44)42-46-41(28-14-4-3-5-15-28)47-43(48-42)50-38-23-10-8-21-36(38)49(37-22-9-11-24-39(37)50)35-25-13-20-34-30(35)26-27-45-34/h3-27,30H,1-2H3. The van der Waals surface area contributed by atoms with Crippen LogP contribution in [-0.4, -0.2) is 20.7 Å². The lowest BCUT2D eigenvalue weighted by atomic mass is 9.82. The summed E-state index contributed by atoms with van der Waals surface area (Å²) < 4.78 is 0. The third kappa shape index (κ3) is 4.15. The number of anilines is 5. The smallest absolute Gasteiger partial charge is 0.238 e. The van der Waals surface area contributed by atoms with Crippen molar-refractivity contribution < 1.29 is 0 Å². The molecule has 0 spiro atoms. The highest BCUT2D eigenvalue weighted by atomic mass is 15.3. The molecule has 0 radical (unpaired) electrons. The van der Waals surface area contributed by atoms with Crippen molar-refractivity contribution in [3.63, 3.8) is 0 Å². The number of aliphatic imine (C=N–C) groups is 1. The predicted molar refractivity (Wildman–Crippen MR) is 202 cm³/mol. The molecule has 2 aliphatic carbocycles. The normalized spacial score (nSPS) is 17.4. The molecule has 0 saturated carbocycles. The van der Waals surface area contributed by atoms with E-state index in [0.717, 1.165) is 45.3 Å². The van der Waals surface area contributed by atoms with E-state index in [1.807, 2.05) is 24.4 Å². The van der Waals surface area contributed by atoms with Gasteiger partial charge in [-0.3, -0.25) is 9.89 Å². The fourth-order valence-corrected chi connectivity index (χ4v) is 8.03. The van der Waals surface area contributed by atoms with Gasteiger partial charge in [-0.15, -0.1) is 0 Å². The van der Waals surface area contributed by atoms with Gasteiger partial charge in [-0.1, -0.05) is 123 Å². The molecular weight excluding hydrogens is 613 g/mol. The molecule has 1 aromatic heterocycles. The molecule has 6 heteroatoms. The second-order valence-electron chi connectivity index (χ2n) is 13.5. The number of hydrogen-bond acceptors (Lipinski definition) is 6. The molecule has 0 amide bonds. The molecule has 6 nitrogen and oxygen atoms in total. The summed E-state index contributed by atoms with van der Waals surface area (Å²) in [6, 6.07) is 42.5. The van der Waals surface area contributed by atoms with E-state index < -0.39 is 0 Å². The van der Waals surface area contributed by atoms with Crippen LogP contribution in [0.1, 0.15) is 25.0 Å². The number of fused-ring (bicyclic) bond motifs is 6. The summed E-state index contributed by atoms with van der Waals surface area (Å²) in [6.45, 7) is 4.60. The molecule has 10 rings (SSSR count). The Labute approximate surface area is 291 Å². The summed E-state index contributed by atoms with van der Waals surface area (Å²) in [5, 5.41) is 0. The van der Waals surface area contributed by atoms with Crippen molar-refractivity contribution in [1.29, 1.82) is 0 Å². The van der Waals surface area contributed by atoms with Gasteiger partial charge in [0.1, 0.15) is 0 Å². The Kier molecular flexibility index (Phi) is 6.18. The van der Waals surface area contributed by atoms with Gasteiger partial charge in [-0.2, -0.15) is 9.97 Å². The van der Waals surface area contributed by atoms with E-state index in [1.165, 1.54) is 22.3 Å². The Bertz CT molecular complexity index is 2440. The van der Waals surface area contributed by atoms with Crippen LogP contribution in [0.15, 0.2) is 163 Å². The van der Waals surface area contributed by atoms with Crippen molar-refractivity contribution in [1.82, 2.24) is 15.0 Å². The summed E-state index contributed by atoms with van der Waals surface area (Å²) >= 11 is 0. The zero-order valence-corrected chi connectivity index (χ0v) is 27.7. The highest BCUT2D eigenvalue weighted by molar-refractivity contribution is 6.06. The Morgan fingerprint density at radius 1 is 0.580 bits per heavy atom. The van der Waals surface area contributed by atoms with Crippen LogP contribution in [0.3, 0.4) is 0 Å². The van der Waals surface area contributed by atoms with Crippen LogP contribution < -0.4 is 9.80 Å². The molecule has 5 aromatic carbocycles. The van der Waals surface area contributed by atoms with E-state index in [4.69, 9.17) is 15.0 Å². The van der Waals surface area contributed by atoms with Crippen LogP contribution in [-0.2, 0) is 5.41 Å². The van der Waals surface area contributed by atoms with Gasteiger partial charge in [0, 0.05) is 28.4 Å². The summed E-state index contributed by atoms with van der Waals surface area (Å²) in [5.41, 5.74) is 13.1. The van der Waals surface area contributed by atoms with E-state index in [1.54, 1.807) is 0 Å². The highest BCUT2D eigenvalue weighted by Crippen LogP contribution is 2.55. The molecule has 0 N–H and O–H groups in total. The van der Waals surface area contributed by atoms with Crippen molar-refractivity contribution in [2.24, 2.45) is 10.9 Å². The first-order chi connectivity index (χ1) is 24.6. The van der Waals surface area contributed by atoms with Crippen LogP contribution >= 0.6 is 0 Å². The lowest BCUT2D eigenvalue weighted by Gasteiger charge is -2.41. The number of allylic oxidation sites excluding steroid dienone is 4. The van der Waals surface area contributed by atoms with E-state index in [-0.39, 0.29) is 11.3 Å². The van der Waals surface area contributed by atoms with Crippen LogP contribution in [0.4, 0.5) is 28.7 Å². The van der Waals surface area contributed by atoms with Crippen LogP contribution in [0.5, 0.6) is 0 Å². The van der Waals surface area contributed by atoms with Crippen molar-refractivity contribution in [2.75, 3.05) is 9.80 Å². The van der Waals surface area contributed by atoms with E-state index >= 15 is 0 Å². The highest BCUT2D eigenvalue weighted by Gasteiger charge is 2.39. The number of rotatable bonds is 4. The number of benzene rings is 5. The maximum absolute atomic E-state index is 5.37. The van der Waals surface area contributed by atoms with Crippen LogP contribution in [0.25, 0.3) is 33.9 Å². The van der Waals surface area contributed by atoms with Gasteiger partial charge in [0.15, 0.2) is 11.6 Å². The van der Waals surface area contributed by atoms with Crippen molar-refractivity contribution in [2.45, 2.75) is 19.3 Å². The average molecular weight is 645 g/mol. The largest absolute Gasteiger partial charge is 0.309 e.